The van der Waals surface area contributed by atoms with E-state index in [0.717, 1.165) is 18.8 Å². The van der Waals surface area contributed by atoms with E-state index in [1.165, 1.54) is 68.1 Å². The predicted molar refractivity (Wildman–Crippen MR) is 119 cm³/mol. The minimum absolute atomic E-state index is 0.666. The van der Waals surface area contributed by atoms with E-state index in [4.69, 9.17) is 5.26 Å². The Morgan fingerprint density at radius 3 is 2.07 bits per heavy atom. The summed E-state index contributed by atoms with van der Waals surface area (Å²) in [5, 5.41) is 8.93. The third kappa shape index (κ3) is 6.57. The highest BCUT2D eigenvalue weighted by Crippen LogP contribution is 2.38. The summed E-state index contributed by atoms with van der Waals surface area (Å²) in [6.07, 6.45) is 14.8. The molecule has 2 aromatic rings. The quantitative estimate of drug-likeness (QED) is 0.395. The number of nitrogens with zero attached hydrogens (tertiary/aromatic N) is 1. The first-order chi connectivity index (χ1) is 14.3. The van der Waals surface area contributed by atoms with Gasteiger partial charge >= 0.3 is 0 Å². The van der Waals surface area contributed by atoms with Crippen molar-refractivity contribution in [3.8, 4) is 17.2 Å². The minimum Gasteiger partial charge on any atom is -0.216 e. The Balaban J connectivity index is 1.41. The molecule has 0 amide bonds. The van der Waals surface area contributed by atoms with E-state index >= 15 is 0 Å². The first-order valence-electron chi connectivity index (χ1n) is 11.2. The summed E-state index contributed by atoms with van der Waals surface area (Å²) >= 11 is 0. The molecular formula is C27H32FN. The van der Waals surface area contributed by atoms with E-state index in [1.54, 1.807) is 6.08 Å². The van der Waals surface area contributed by atoms with Gasteiger partial charge in [-0.05, 0) is 79.2 Å². The molecule has 1 aliphatic carbocycles. The summed E-state index contributed by atoms with van der Waals surface area (Å²) in [6, 6.07) is 19.0. The maximum absolute atomic E-state index is 11.9. The zero-order valence-corrected chi connectivity index (χ0v) is 17.3. The fourth-order valence-corrected chi connectivity index (χ4v) is 4.58. The smallest absolute Gasteiger partial charge is 0.0991 e. The molecule has 1 saturated carbocycles. The fourth-order valence-electron chi connectivity index (χ4n) is 4.58. The van der Waals surface area contributed by atoms with Crippen LogP contribution in [0.5, 0.6) is 0 Å². The zero-order chi connectivity index (χ0) is 20.3. The molecule has 0 aromatic heterocycles. The highest BCUT2D eigenvalue weighted by molar-refractivity contribution is 5.64. The maximum atomic E-state index is 11.9. The number of hydrogen-bond acceptors (Lipinski definition) is 1. The van der Waals surface area contributed by atoms with Crippen molar-refractivity contribution in [1.29, 1.82) is 5.26 Å². The van der Waals surface area contributed by atoms with Gasteiger partial charge < -0.3 is 0 Å². The van der Waals surface area contributed by atoms with E-state index in [9.17, 15) is 4.39 Å². The summed E-state index contributed by atoms with van der Waals surface area (Å²) in [5.41, 5.74) is 4.56. The van der Waals surface area contributed by atoms with E-state index in [1.807, 2.05) is 24.3 Å². The fraction of sp³-hybridized carbons (Fsp3) is 0.444. The molecule has 1 aliphatic rings. The Morgan fingerprint density at radius 1 is 0.828 bits per heavy atom. The Morgan fingerprint density at radius 2 is 1.45 bits per heavy atom. The molecule has 29 heavy (non-hydrogen) atoms. The number of nitriles is 1. The lowest BCUT2D eigenvalue weighted by Gasteiger charge is -2.29. The van der Waals surface area contributed by atoms with Crippen LogP contribution in [0.2, 0.25) is 0 Å². The van der Waals surface area contributed by atoms with Crippen LogP contribution in [0, 0.1) is 17.2 Å². The Hall–Kier alpha value is -2.40. The molecule has 0 spiro atoms. The van der Waals surface area contributed by atoms with Crippen molar-refractivity contribution in [3.05, 3.63) is 72.1 Å². The van der Waals surface area contributed by atoms with Crippen LogP contribution in [-0.2, 0) is 0 Å². The summed E-state index contributed by atoms with van der Waals surface area (Å²) in [4.78, 5) is 0. The number of unbranched alkanes of at least 4 members (excludes halogenated alkanes) is 4. The van der Waals surface area contributed by atoms with Crippen molar-refractivity contribution >= 4 is 0 Å². The van der Waals surface area contributed by atoms with Gasteiger partial charge in [0, 0.05) is 0 Å². The normalized spacial score (nSPS) is 19.3. The van der Waals surface area contributed by atoms with Gasteiger partial charge in [-0.1, -0.05) is 68.2 Å². The molecule has 1 nitrogen and oxygen atoms in total. The van der Waals surface area contributed by atoms with Crippen molar-refractivity contribution in [2.75, 3.05) is 0 Å². The SMILES string of the molecule is N#Cc1ccc(-c2ccc(C3CCC(CCCCCC/C=C/F)CC3)cc2)cc1. The summed E-state index contributed by atoms with van der Waals surface area (Å²) < 4.78 is 11.9. The van der Waals surface area contributed by atoms with E-state index in [0.29, 0.717) is 17.8 Å². The second-order valence-corrected chi connectivity index (χ2v) is 8.38. The molecule has 1 fully saturated rings. The topological polar surface area (TPSA) is 23.8 Å². The predicted octanol–water partition coefficient (Wildman–Crippen LogP) is 8.32. The van der Waals surface area contributed by atoms with E-state index < -0.39 is 0 Å². The average Bonchev–Trinajstić information content (AvgIpc) is 2.79. The van der Waals surface area contributed by atoms with Crippen LogP contribution in [0.1, 0.15) is 81.3 Å². The molecule has 0 saturated heterocycles. The van der Waals surface area contributed by atoms with Crippen molar-refractivity contribution in [3.63, 3.8) is 0 Å². The lowest BCUT2D eigenvalue weighted by molar-refractivity contribution is 0.302. The van der Waals surface area contributed by atoms with Gasteiger partial charge in [-0.2, -0.15) is 5.26 Å². The van der Waals surface area contributed by atoms with Crippen LogP contribution in [-0.4, -0.2) is 0 Å². The second-order valence-electron chi connectivity index (χ2n) is 8.38. The standard InChI is InChI=1S/C27H32FN/c28-20-6-4-2-1-3-5-7-22-8-12-24(13-9-22)26-16-18-27(19-17-26)25-14-10-23(21-29)11-15-25/h6,10-11,14-20,22,24H,1-5,7-9,12-13H2/b20-6+. The number of benzene rings is 2. The van der Waals surface area contributed by atoms with Gasteiger partial charge in [0.2, 0.25) is 0 Å². The summed E-state index contributed by atoms with van der Waals surface area (Å²) in [5.74, 6) is 1.60. The molecule has 0 aliphatic heterocycles. The molecule has 0 bridgehead atoms. The lowest BCUT2D eigenvalue weighted by Crippen LogP contribution is -2.13. The van der Waals surface area contributed by atoms with Crippen LogP contribution >= 0.6 is 0 Å². The lowest BCUT2D eigenvalue weighted by atomic mass is 9.77. The van der Waals surface area contributed by atoms with Gasteiger partial charge in [0.05, 0.1) is 18.0 Å². The van der Waals surface area contributed by atoms with Crippen LogP contribution in [0.15, 0.2) is 60.9 Å². The first-order valence-corrected chi connectivity index (χ1v) is 11.2. The summed E-state index contributed by atoms with van der Waals surface area (Å²) in [7, 11) is 0. The molecule has 0 N–H and O–H groups in total. The molecule has 152 valence electrons. The van der Waals surface area contributed by atoms with Crippen molar-refractivity contribution in [1.82, 2.24) is 0 Å². The third-order valence-electron chi connectivity index (χ3n) is 6.40. The van der Waals surface area contributed by atoms with Crippen LogP contribution in [0.25, 0.3) is 11.1 Å². The molecule has 2 heteroatoms. The number of hydrogen-bond donors (Lipinski definition) is 0. The Kier molecular flexibility index (Phi) is 8.50. The molecule has 0 heterocycles. The van der Waals surface area contributed by atoms with Crippen molar-refractivity contribution < 1.29 is 4.39 Å². The average molecular weight is 390 g/mol. The molecule has 0 radical (unpaired) electrons. The monoisotopic (exact) mass is 389 g/mol. The molecule has 3 rings (SSSR count). The van der Waals surface area contributed by atoms with Gasteiger partial charge in [-0.15, -0.1) is 0 Å². The maximum Gasteiger partial charge on any atom is 0.0991 e. The van der Waals surface area contributed by atoms with Crippen molar-refractivity contribution in [2.24, 2.45) is 5.92 Å². The van der Waals surface area contributed by atoms with Gasteiger partial charge in [-0.25, -0.2) is 4.39 Å². The zero-order valence-electron chi connectivity index (χ0n) is 17.3. The number of rotatable bonds is 9. The molecule has 0 atom stereocenters. The largest absolute Gasteiger partial charge is 0.216 e. The van der Waals surface area contributed by atoms with Gasteiger partial charge in [0.15, 0.2) is 0 Å². The second kappa shape index (κ2) is 11.6. The number of allylic oxidation sites excluding steroid dienone is 1. The Labute approximate surface area is 175 Å². The molecule has 2 aromatic carbocycles. The van der Waals surface area contributed by atoms with Crippen LogP contribution in [0.3, 0.4) is 0 Å². The van der Waals surface area contributed by atoms with Gasteiger partial charge in [0.25, 0.3) is 0 Å². The van der Waals surface area contributed by atoms with Crippen LogP contribution < -0.4 is 0 Å². The molecule has 0 unspecified atom stereocenters. The van der Waals surface area contributed by atoms with Crippen molar-refractivity contribution in [2.45, 2.75) is 70.1 Å². The van der Waals surface area contributed by atoms with E-state index in [2.05, 4.69) is 30.3 Å². The summed E-state index contributed by atoms with van der Waals surface area (Å²) in [6.45, 7) is 0. The van der Waals surface area contributed by atoms with Gasteiger partial charge in [-0.3, -0.25) is 0 Å². The minimum atomic E-state index is 0.666. The van der Waals surface area contributed by atoms with Gasteiger partial charge in [0.1, 0.15) is 0 Å². The van der Waals surface area contributed by atoms with E-state index in [-0.39, 0.29) is 0 Å². The molecular weight excluding hydrogens is 357 g/mol. The Bertz CT molecular complexity index is 790. The highest BCUT2D eigenvalue weighted by Gasteiger charge is 2.22. The first kappa shape index (κ1) is 21.3. The number of halogens is 1. The highest BCUT2D eigenvalue weighted by atomic mass is 19.1. The third-order valence-corrected chi connectivity index (χ3v) is 6.40. The van der Waals surface area contributed by atoms with Crippen LogP contribution in [0.4, 0.5) is 4.39 Å².